The molecule has 2 aromatic heterocycles. The van der Waals surface area contributed by atoms with Crippen LogP contribution in [0.15, 0.2) is 24.7 Å². The maximum atomic E-state index is 4.52. The standard InChI is InChI=1S/C14H19N5/c1-19-6-3-11(4-7-19)8-12-9-16-14(10-15-12)13-2-5-17-18-13/h2,5,9-11H,3-4,6-8H2,1H3,(H,17,18). The normalized spacial score (nSPS) is 17.7. The summed E-state index contributed by atoms with van der Waals surface area (Å²) in [7, 11) is 2.19. The minimum absolute atomic E-state index is 0.753. The molecular formula is C14H19N5. The summed E-state index contributed by atoms with van der Waals surface area (Å²) in [5.41, 5.74) is 2.86. The maximum absolute atomic E-state index is 4.52. The van der Waals surface area contributed by atoms with Crippen LogP contribution in [0.4, 0.5) is 0 Å². The molecule has 0 aliphatic carbocycles. The van der Waals surface area contributed by atoms with Crippen LogP contribution in [0.1, 0.15) is 18.5 Å². The molecule has 0 radical (unpaired) electrons. The van der Waals surface area contributed by atoms with E-state index in [0.717, 1.165) is 29.4 Å². The van der Waals surface area contributed by atoms with Gasteiger partial charge in [0, 0.05) is 12.4 Å². The summed E-state index contributed by atoms with van der Waals surface area (Å²) in [6.45, 7) is 2.40. The molecule has 1 fully saturated rings. The van der Waals surface area contributed by atoms with Crippen LogP contribution in [-0.2, 0) is 6.42 Å². The molecule has 1 aliphatic heterocycles. The molecule has 0 bridgehead atoms. The molecule has 0 aromatic carbocycles. The highest BCUT2D eigenvalue weighted by Gasteiger charge is 2.17. The number of rotatable bonds is 3. The minimum Gasteiger partial charge on any atom is -0.306 e. The summed E-state index contributed by atoms with van der Waals surface area (Å²) in [4.78, 5) is 11.4. The predicted octanol–water partition coefficient (Wildman–Crippen LogP) is 1.75. The average molecular weight is 257 g/mol. The van der Waals surface area contributed by atoms with E-state index in [1.165, 1.54) is 25.9 Å². The van der Waals surface area contributed by atoms with Crippen molar-refractivity contribution >= 4 is 0 Å². The summed E-state index contributed by atoms with van der Waals surface area (Å²) >= 11 is 0. The van der Waals surface area contributed by atoms with Crippen LogP contribution in [-0.4, -0.2) is 45.2 Å². The zero-order chi connectivity index (χ0) is 13.1. The van der Waals surface area contributed by atoms with Gasteiger partial charge in [0.05, 0.1) is 17.6 Å². The van der Waals surface area contributed by atoms with E-state index in [2.05, 4.69) is 32.1 Å². The van der Waals surface area contributed by atoms with Crippen molar-refractivity contribution in [2.75, 3.05) is 20.1 Å². The van der Waals surface area contributed by atoms with E-state index >= 15 is 0 Å². The summed E-state index contributed by atoms with van der Waals surface area (Å²) in [6.07, 6.45) is 9.03. The Labute approximate surface area is 113 Å². The second-order valence-corrected chi connectivity index (χ2v) is 5.31. The molecule has 0 amide bonds. The number of aromatic nitrogens is 4. The number of aromatic amines is 1. The van der Waals surface area contributed by atoms with Crippen LogP contribution in [0.25, 0.3) is 11.4 Å². The van der Waals surface area contributed by atoms with Gasteiger partial charge in [0.25, 0.3) is 0 Å². The number of likely N-dealkylation sites (tertiary alicyclic amines) is 1. The Kier molecular flexibility index (Phi) is 3.55. The molecule has 3 heterocycles. The number of nitrogens with one attached hydrogen (secondary N) is 1. The third-order valence-electron chi connectivity index (χ3n) is 3.82. The zero-order valence-electron chi connectivity index (χ0n) is 11.2. The molecule has 1 aliphatic rings. The highest BCUT2D eigenvalue weighted by atomic mass is 15.1. The predicted molar refractivity (Wildman–Crippen MR) is 73.5 cm³/mol. The highest BCUT2D eigenvalue weighted by Crippen LogP contribution is 2.20. The van der Waals surface area contributed by atoms with Gasteiger partial charge in [-0.2, -0.15) is 5.10 Å². The monoisotopic (exact) mass is 257 g/mol. The van der Waals surface area contributed by atoms with Crippen LogP contribution < -0.4 is 0 Å². The van der Waals surface area contributed by atoms with Crippen molar-refractivity contribution in [3.8, 4) is 11.4 Å². The Hall–Kier alpha value is -1.75. The molecule has 1 N–H and O–H groups in total. The maximum Gasteiger partial charge on any atom is 0.106 e. The van der Waals surface area contributed by atoms with Crippen molar-refractivity contribution in [2.45, 2.75) is 19.3 Å². The van der Waals surface area contributed by atoms with Gasteiger partial charge >= 0.3 is 0 Å². The average Bonchev–Trinajstić information content (AvgIpc) is 2.96. The lowest BCUT2D eigenvalue weighted by Gasteiger charge is -2.28. The van der Waals surface area contributed by atoms with Gasteiger partial charge in [0.2, 0.25) is 0 Å². The van der Waals surface area contributed by atoms with Gasteiger partial charge in [0.1, 0.15) is 5.69 Å². The quantitative estimate of drug-likeness (QED) is 0.910. The molecule has 0 saturated carbocycles. The molecule has 0 unspecified atom stereocenters. The van der Waals surface area contributed by atoms with Crippen LogP contribution in [0.5, 0.6) is 0 Å². The van der Waals surface area contributed by atoms with E-state index in [1.54, 1.807) is 6.20 Å². The van der Waals surface area contributed by atoms with E-state index in [4.69, 9.17) is 0 Å². The third kappa shape index (κ3) is 2.98. The Balaban J connectivity index is 1.63. The summed E-state index contributed by atoms with van der Waals surface area (Å²) in [6, 6.07) is 1.90. The first-order chi connectivity index (χ1) is 9.31. The number of hydrogen-bond donors (Lipinski definition) is 1. The van der Waals surface area contributed by atoms with E-state index in [0.29, 0.717) is 0 Å². The Morgan fingerprint density at radius 3 is 2.74 bits per heavy atom. The van der Waals surface area contributed by atoms with Gasteiger partial charge < -0.3 is 4.90 Å². The van der Waals surface area contributed by atoms with E-state index in [9.17, 15) is 0 Å². The lowest BCUT2D eigenvalue weighted by atomic mass is 9.92. The molecule has 5 heteroatoms. The minimum atomic E-state index is 0.753. The lowest BCUT2D eigenvalue weighted by molar-refractivity contribution is 0.218. The highest BCUT2D eigenvalue weighted by molar-refractivity contribution is 5.51. The van der Waals surface area contributed by atoms with Crippen LogP contribution in [0.3, 0.4) is 0 Å². The molecule has 19 heavy (non-hydrogen) atoms. The third-order valence-corrected chi connectivity index (χ3v) is 3.82. The SMILES string of the molecule is CN1CCC(Cc2cnc(-c3ccn[nH]3)cn2)CC1. The van der Waals surface area contributed by atoms with Gasteiger partial charge in [-0.25, -0.2) is 0 Å². The fourth-order valence-electron chi connectivity index (χ4n) is 2.56. The van der Waals surface area contributed by atoms with Crippen molar-refractivity contribution in [3.05, 3.63) is 30.4 Å². The summed E-state index contributed by atoms with van der Waals surface area (Å²) < 4.78 is 0. The topological polar surface area (TPSA) is 57.7 Å². The first-order valence-corrected chi connectivity index (χ1v) is 6.80. The van der Waals surface area contributed by atoms with Crippen molar-refractivity contribution in [2.24, 2.45) is 5.92 Å². The van der Waals surface area contributed by atoms with Crippen LogP contribution in [0, 0.1) is 5.92 Å². The first-order valence-electron chi connectivity index (χ1n) is 6.80. The molecule has 5 nitrogen and oxygen atoms in total. The number of nitrogens with zero attached hydrogens (tertiary/aromatic N) is 4. The van der Waals surface area contributed by atoms with Crippen LogP contribution >= 0.6 is 0 Å². The Morgan fingerprint density at radius 1 is 1.26 bits per heavy atom. The second-order valence-electron chi connectivity index (χ2n) is 5.31. The van der Waals surface area contributed by atoms with Gasteiger partial charge in [-0.3, -0.25) is 15.1 Å². The Bertz CT molecular complexity index is 497. The number of piperidine rings is 1. The first kappa shape index (κ1) is 12.3. The molecule has 1 saturated heterocycles. The van der Waals surface area contributed by atoms with E-state index < -0.39 is 0 Å². The number of H-pyrrole nitrogens is 1. The second kappa shape index (κ2) is 5.48. The lowest BCUT2D eigenvalue weighted by Crippen LogP contribution is -2.31. The van der Waals surface area contributed by atoms with Gasteiger partial charge in [0.15, 0.2) is 0 Å². The molecule has 0 spiro atoms. The molecule has 0 atom stereocenters. The molecule has 3 rings (SSSR count). The van der Waals surface area contributed by atoms with Crippen molar-refractivity contribution < 1.29 is 0 Å². The number of hydrogen-bond acceptors (Lipinski definition) is 4. The molecule has 2 aromatic rings. The van der Waals surface area contributed by atoms with Crippen LogP contribution in [0.2, 0.25) is 0 Å². The largest absolute Gasteiger partial charge is 0.306 e. The van der Waals surface area contributed by atoms with E-state index in [-0.39, 0.29) is 0 Å². The molecular weight excluding hydrogens is 238 g/mol. The fourth-order valence-corrected chi connectivity index (χ4v) is 2.56. The summed E-state index contributed by atoms with van der Waals surface area (Å²) in [5.74, 6) is 0.753. The van der Waals surface area contributed by atoms with Crippen molar-refractivity contribution in [3.63, 3.8) is 0 Å². The van der Waals surface area contributed by atoms with Crippen molar-refractivity contribution in [1.29, 1.82) is 0 Å². The van der Waals surface area contributed by atoms with E-state index in [1.807, 2.05) is 18.5 Å². The Morgan fingerprint density at radius 2 is 2.11 bits per heavy atom. The zero-order valence-corrected chi connectivity index (χ0v) is 11.2. The summed E-state index contributed by atoms with van der Waals surface area (Å²) in [5, 5.41) is 6.83. The van der Waals surface area contributed by atoms with Crippen molar-refractivity contribution in [1.82, 2.24) is 25.1 Å². The van der Waals surface area contributed by atoms with Gasteiger partial charge in [-0.1, -0.05) is 0 Å². The molecule has 100 valence electrons. The van der Waals surface area contributed by atoms with Gasteiger partial charge in [-0.15, -0.1) is 0 Å². The van der Waals surface area contributed by atoms with Gasteiger partial charge in [-0.05, 0) is 51.4 Å². The smallest absolute Gasteiger partial charge is 0.106 e. The fraction of sp³-hybridized carbons (Fsp3) is 0.500.